The molecule has 1 unspecified atom stereocenters. The van der Waals surface area contributed by atoms with E-state index in [1.165, 1.54) is 11.1 Å². The lowest BCUT2D eigenvalue weighted by Crippen LogP contribution is -2.19. The molecule has 0 radical (unpaired) electrons. The van der Waals surface area contributed by atoms with Crippen LogP contribution in [0.2, 0.25) is 0 Å². The molecule has 1 atom stereocenters. The Balaban J connectivity index is 1.74. The molecule has 1 aliphatic rings. The van der Waals surface area contributed by atoms with Gasteiger partial charge in [0.1, 0.15) is 5.82 Å². The lowest BCUT2D eigenvalue weighted by Gasteiger charge is -2.19. The van der Waals surface area contributed by atoms with Crippen LogP contribution in [0.5, 0.6) is 0 Å². The lowest BCUT2D eigenvalue weighted by atomic mass is 10.1. The van der Waals surface area contributed by atoms with Gasteiger partial charge in [-0.3, -0.25) is 0 Å². The van der Waals surface area contributed by atoms with Gasteiger partial charge < -0.3 is 10.6 Å². The molecule has 0 fully saturated rings. The molecule has 2 heterocycles. The van der Waals surface area contributed by atoms with Crippen LogP contribution in [0, 0.1) is 0 Å². The number of hydrogen-bond donors (Lipinski definition) is 2. The van der Waals surface area contributed by atoms with Crippen molar-refractivity contribution in [2.75, 3.05) is 10.6 Å². The molecule has 0 amide bonds. The summed E-state index contributed by atoms with van der Waals surface area (Å²) in [4.78, 5) is 0. The van der Waals surface area contributed by atoms with Crippen LogP contribution in [0.25, 0.3) is 5.65 Å². The van der Waals surface area contributed by atoms with Gasteiger partial charge >= 0.3 is 0 Å². The first-order valence-corrected chi connectivity index (χ1v) is 10.5. The van der Waals surface area contributed by atoms with E-state index in [1.54, 1.807) is 0 Å². The predicted octanol–water partition coefficient (Wildman–Crippen LogP) is 4.95. The fourth-order valence-corrected chi connectivity index (χ4v) is 4.03. The number of rotatable bonds is 7. The number of aromatic nitrogens is 4. The van der Waals surface area contributed by atoms with Crippen molar-refractivity contribution in [1.82, 2.24) is 19.8 Å². The SMILES string of the molecule is CCC(CC)Nc1cc(NC2CCc3ccccc32)c2nnc(C(C)C)n2n1. The number of nitrogens with one attached hydrogen (secondary N) is 2. The number of fused-ring (bicyclic) bond motifs is 2. The summed E-state index contributed by atoms with van der Waals surface area (Å²) in [6.45, 7) is 8.65. The number of aryl methyl sites for hydroxylation is 1. The molecule has 1 aliphatic carbocycles. The zero-order valence-electron chi connectivity index (χ0n) is 17.2. The maximum absolute atomic E-state index is 4.81. The highest BCUT2D eigenvalue weighted by atomic mass is 15.4. The van der Waals surface area contributed by atoms with Gasteiger partial charge in [-0.2, -0.15) is 4.52 Å². The summed E-state index contributed by atoms with van der Waals surface area (Å²) in [5.74, 6) is 2.01. The number of benzene rings is 1. The first-order valence-electron chi connectivity index (χ1n) is 10.5. The molecule has 6 nitrogen and oxygen atoms in total. The number of hydrogen-bond acceptors (Lipinski definition) is 5. The zero-order valence-corrected chi connectivity index (χ0v) is 17.2. The monoisotopic (exact) mass is 378 g/mol. The summed E-state index contributed by atoms with van der Waals surface area (Å²) >= 11 is 0. The van der Waals surface area contributed by atoms with Crippen LogP contribution in [0.1, 0.15) is 75.9 Å². The minimum Gasteiger partial charge on any atom is -0.375 e. The van der Waals surface area contributed by atoms with E-state index in [-0.39, 0.29) is 5.92 Å². The summed E-state index contributed by atoms with van der Waals surface area (Å²) in [5, 5.41) is 21.0. The Kier molecular flexibility index (Phi) is 5.20. The molecule has 3 aromatic rings. The molecule has 6 heteroatoms. The third-order valence-electron chi connectivity index (χ3n) is 5.71. The van der Waals surface area contributed by atoms with Crippen LogP contribution in [-0.2, 0) is 6.42 Å². The lowest BCUT2D eigenvalue weighted by molar-refractivity contribution is 0.660. The molecule has 4 rings (SSSR count). The van der Waals surface area contributed by atoms with Gasteiger partial charge in [-0.1, -0.05) is 52.0 Å². The Bertz CT molecular complexity index is 957. The van der Waals surface area contributed by atoms with Crippen molar-refractivity contribution < 1.29 is 0 Å². The van der Waals surface area contributed by atoms with Gasteiger partial charge in [0.2, 0.25) is 5.65 Å². The predicted molar refractivity (Wildman–Crippen MR) is 114 cm³/mol. The van der Waals surface area contributed by atoms with E-state index in [1.807, 2.05) is 4.52 Å². The fraction of sp³-hybridized carbons (Fsp3) is 0.500. The van der Waals surface area contributed by atoms with Crippen LogP contribution >= 0.6 is 0 Å². The van der Waals surface area contributed by atoms with Crippen molar-refractivity contribution in [1.29, 1.82) is 0 Å². The van der Waals surface area contributed by atoms with Crippen molar-refractivity contribution in [2.45, 2.75) is 71.4 Å². The molecule has 1 aromatic carbocycles. The first kappa shape index (κ1) is 18.7. The summed E-state index contributed by atoms with van der Waals surface area (Å²) in [6, 6.07) is 11.5. The third-order valence-corrected chi connectivity index (χ3v) is 5.71. The average Bonchev–Trinajstić information content (AvgIpc) is 3.31. The molecule has 2 aromatic heterocycles. The Hall–Kier alpha value is -2.63. The average molecular weight is 379 g/mol. The largest absolute Gasteiger partial charge is 0.375 e. The van der Waals surface area contributed by atoms with E-state index in [9.17, 15) is 0 Å². The maximum atomic E-state index is 4.81. The Labute approximate surface area is 166 Å². The molecule has 0 aliphatic heterocycles. The normalized spacial score (nSPS) is 16.1. The van der Waals surface area contributed by atoms with E-state index >= 15 is 0 Å². The summed E-state index contributed by atoms with van der Waals surface area (Å²) in [5.41, 5.74) is 4.60. The van der Waals surface area contributed by atoms with E-state index in [4.69, 9.17) is 5.10 Å². The molecular formula is C22H30N6. The second kappa shape index (κ2) is 7.78. The van der Waals surface area contributed by atoms with Crippen molar-refractivity contribution in [3.63, 3.8) is 0 Å². The van der Waals surface area contributed by atoms with Gasteiger partial charge in [0, 0.05) is 18.0 Å². The van der Waals surface area contributed by atoms with Crippen molar-refractivity contribution >= 4 is 17.2 Å². The van der Waals surface area contributed by atoms with Crippen LogP contribution in [0.4, 0.5) is 11.5 Å². The molecule has 0 saturated heterocycles. The second-order valence-electron chi connectivity index (χ2n) is 7.98. The van der Waals surface area contributed by atoms with Crippen LogP contribution < -0.4 is 10.6 Å². The zero-order chi connectivity index (χ0) is 19.7. The van der Waals surface area contributed by atoms with E-state index in [0.29, 0.717) is 12.1 Å². The molecule has 148 valence electrons. The molecular weight excluding hydrogens is 348 g/mol. The summed E-state index contributed by atoms with van der Waals surface area (Å²) in [7, 11) is 0. The van der Waals surface area contributed by atoms with Gasteiger partial charge in [-0.15, -0.1) is 15.3 Å². The van der Waals surface area contributed by atoms with Crippen molar-refractivity contribution in [3.8, 4) is 0 Å². The second-order valence-corrected chi connectivity index (χ2v) is 7.98. The smallest absolute Gasteiger partial charge is 0.201 e. The highest BCUT2D eigenvalue weighted by Crippen LogP contribution is 2.35. The minimum atomic E-state index is 0.256. The fourth-order valence-electron chi connectivity index (χ4n) is 4.03. The quantitative estimate of drug-likeness (QED) is 0.609. The number of nitrogens with zero attached hydrogens (tertiary/aromatic N) is 4. The molecule has 0 saturated carbocycles. The Morgan fingerprint density at radius 1 is 1.14 bits per heavy atom. The van der Waals surface area contributed by atoms with Crippen LogP contribution in [0.3, 0.4) is 0 Å². The standard InChI is InChI=1S/C22H30N6/c1-5-16(6-2)23-20-13-19(22-26-25-21(14(3)4)28(22)27-20)24-18-12-11-15-9-7-8-10-17(15)18/h7-10,13-14,16,18,24H,5-6,11-12H2,1-4H3,(H,23,27). The van der Waals surface area contributed by atoms with E-state index in [2.05, 4.69) is 78.9 Å². The molecule has 2 N–H and O–H groups in total. The highest BCUT2D eigenvalue weighted by molar-refractivity contribution is 5.71. The van der Waals surface area contributed by atoms with E-state index < -0.39 is 0 Å². The molecule has 28 heavy (non-hydrogen) atoms. The van der Waals surface area contributed by atoms with E-state index in [0.717, 1.165) is 48.7 Å². The minimum absolute atomic E-state index is 0.256. The third kappa shape index (κ3) is 3.43. The van der Waals surface area contributed by atoms with Crippen molar-refractivity contribution in [2.24, 2.45) is 0 Å². The Morgan fingerprint density at radius 2 is 1.93 bits per heavy atom. The van der Waals surface area contributed by atoms with Gasteiger partial charge in [0.05, 0.1) is 11.7 Å². The molecule has 0 bridgehead atoms. The van der Waals surface area contributed by atoms with Gasteiger partial charge in [0.25, 0.3) is 0 Å². The molecule has 0 spiro atoms. The van der Waals surface area contributed by atoms with Gasteiger partial charge in [-0.25, -0.2) is 0 Å². The van der Waals surface area contributed by atoms with Crippen molar-refractivity contribution in [3.05, 3.63) is 47.3 Å². The highest BCUT2D eigenvalue weighted by Gasteiger charge is 2.24. The Morgan fingerprint density at radius 3 is 2.68 bits per heavy atom. The summed E-state index contributed by atoms with van der Waals surface area (Å²) < 4.78 is 1.90. The van der Waals surface area contributed by atoms with Gasteiger partial charge in [-0.05, 0) is 36.8 Å². The first-order chi connectivity index (χ1) is 13.6. The van der Waals surface area contributed by atoms with Gasteiger partial charge in [0.15, 0.2) is 5.82 Å². The van der Waals surface area contributed by atoms with Crippen LogP contribution in [-0.4, -0.2) is 25.9 Å². The number of anilines is 2. The topological polar surface area (TPSA) is 67.1 Å². The summed E-state index contributed by atoms with van der Waals surface area (Å²) in [6.07, 6.45) is 4.33. The maximum Gasteiger partial charge on any atom is 0.201 e. The van der Waals surface area contributed by atoms with Crippen LogP contribution in [0.15, 0.2) is 30.3 Å².